The first kappa shape index (κ1) is 13.1. The van der Waals surface area contributed by atoms with E-state index in [1.54, 1.807) is 0 Å². The predicted octanol–water partition coefficient (Wildman–Crippen LogP) is 2.44. The highest BCUT2D eigenvalue weighted by molar-refractivity contribution is 5.47. The first-order valence-corrected chi connectivity index (χ1v) is 5.99. The third kappa shape index (κ3) is 2.93. The van der Waals surface area contributed by atoms with Gasteiger partial charge in [-0.2, -0.15) is 0 Å². The summed E-state index contributed by atoms with van der Waals surface area (Å²) in [5.41, 5.74) is 6.45. The molecule has 0 spiro atoms. The Morgan fingerprint density at radius 1 is 1.21 bits per heavy atom. The maximum Gasteiger partial charge on any atom is 0.277 e. The van der Waals surface area contributed by atoms with Crippen molar-refractivity contribution in [2.45, 2.75) is 26.2 Å². The van der Waals surface area contributed by atoms with Crippen LogP contribution in [0.1, 0.15) is 26.3 Å². The molecule has 5 heteroatoms. The van der Waals surface area contributed by atoms with E-state index in [9.17, 15) is 4.79 Å². The van der Waals surface area contributed by atoms with Crippen LogP contribution in [0.5, 0.6) is 11.6 Å². The number of nitrogens with zero attached hydrogens (tertiary/aromatic N) is 1. The number of hydrogen-bond donors (Lipinski definition) is 2. The zero-order valence-electron chi connectivity index (χ0n) is 11.2. The summed E-state index contributed by atoms with van der Waals surface area (Å²) in [6, 6.07) is 7.64. The van der Waals surface area contributed by atoms with E-state index in [1.807, 2.05) is 24.3 Å². The van der Waals surface area contributed by atoms with Gasteiger partial charge in [0.25, 0.3) is 5.56 Å². The molecule has 3 N–H and O–H groups in total. The monoisotopic (exact) mass is 259 g/mol. The minimum Gasteiger partial charge on any atom is -0.437 e. The number of nitrogen functional groups attached to an aromatic ring is 1. The van der Waals surface area contributed by atoms with Crippen molar-refractivity contribution in [3.8, 4) is 11.6 Å². The predicted molar refractivity (Wildman–Crippen MR) is 74.5 cm³/mol. The van der Waals surface area contributed by atoms with Gasteiger partial charge in [-0.25, -0.2) is 4.98 Å². The maximum absolute atomic E-state index is 11.3. The average Bonchev–Trinajstić information content (AvgIpc) is 2.35. The fourth-order valence-electron chi connectivity index (χ4n) is 1.61. The van der Waals surface area contributed by atoms with Gasteiger partial charge in [-0.15, -0.1) is 0 Å². The van der Waals surface area contributed by atoms with Crippen molar-refractivity contribution < 1.29 is 4.74 Å². The van der Waals surface area contributed by atoms with Gasteiger partial charge in [0.1, 0.15) is 5.75 Å². The maximum atomic E-state index is 11.3. The Labute approximate surface area is 111 Å². The van der Waals surface area contributed by atoms with Gasteiger partial charge < -0.3 is 15.5 Å². The molecular weight excluding hydrogens is 242 g/mol. The summed E-state index contributed by atoms with van der Waals surface area (Å²) in [6.07, 6.45) is 1.26. The number of hydrogen-bond acceptors (Lipinski definition) is 4. The molecular formula is C14H17N3O2. The van der Waals surface area contributed by atoms with Crippen molar-refractivity contribution in [2.75, 3.05) is 5.73 Å². The molecule has 0 unspecified atom stereocenters. The van der Waals surface area contributed by atoms with Gasteiger partial charge in [0.05, 0.1) is 6.33 Å². The third-order valence-corrected chi connectivity index (χ3v) is 2.79. The third-order valence-electron chi connectivity index (χ3n) is 2.79. The van der Waals surface area contributed by atoms with Crippen molar-refractivity contribution in [1.82, 2.24) is 9.97 Å². The second-order valence-electron chi connectivity index (χ2n) is 5.33. The van der Waals surface area contributed by atoms with Crippen LogP contribution >= 0.6 is 0 Å². The average molecular weight is 259 g/mol. The van der Waals surface area contributed by atoms with Crippen LogP contribution in [0.25, 0.3) is 0 Å². The molecule has 0 bridgehead atoms. The molecule has 1 heterocycles. The van der Waals surface area contributed by atoms with E-state index in [0.29, 0.717) is 5.75 Å². The summed E-state index contributed by atoms with van der Waals surface area (Å²) in [6.45, 7) is 6.41. The van der Waals surface area contributed by atoms with E-state index in [1.165, 1.54) is 11.9 Å². The van der Waals surface area contributed by atoms with Crippen LogP contribution in [-0.2, 0) is 5.41 Å². The van der Waals surface area contributed by atoms with Gasteiger partial charge in [-0.1, -0.05) is 32.9 Å². The van der Waals surface area contributed by atoms with Crippen LogP contribution in [0.4, 0.5) is 5.69 Å². The van der Waals surface area contributed by atoms with Gasteiger partial charge in [0, 0.05) is 0 Å². The molecule has 1 aromatic carbocycles. The minimum atomic E-state index is -0.406. The summed E-state index contributed by atoms with van der Waals surface area (Å²) >= 11 is 0. The number of aromatic nitrogens is 2. The second kappa shape index (κ2) is 4.76. The van der Waals surface area contributed by atoms with Crippen LogP contribution < -0.4 is 16.0 Å². The Morgan fingerprint density at radius 3 is 2.42 bits per heavy atom. The molecule has 0 radical (unpaired) electrons. The van der Waals surface area contributed by atoms with E-state index in [-0.39, 0.29) is 17.0 Å². The van der Waals surface area contributed by atoms with Gasteiger partial charge in [-0.05, 0) is 23.1 Å². The van der Waals surface area contributed by atoms with Gasteiger partial charge in [0.2, 0.25) is 5.88 Å². The molecule has 0 saturated heterocycles. The highest BCUT2D eigenvalue weighted by atomic mass is 16.5. The Bertz CT molecular complexity index is 624. The molecule has 5 nitrogen and oxygen atoms in total. The molecule has 1 aromatic heterocycles. The number of anilines is 1. The molecule has 0 aliphatic rings. The summed E-state index contributed by atoms with van der Waals surface area (Å²) in [4.78, 5) is 17.6. The van der Waals surface area contributed by atoms with Gasteiger partial charge >= 0.3 is 0 Å². The highest BCUT2D eigenvalue weighted by Crippen LogP contribution is 2.27. The van der Waals surface area contributed by atoms with Crippen LogP contribution in [0.3, 0.4) is 0 Å². The number of rotatable bonds is 2. The molecule has 0 aliphatic carbocycles. The van der Waals surface area contributed by atoms with E-state index in [4.69, 9.17) is 10.5 Å². The lowest BCUT2D eigenvalue weighted by Gasteiger charge is -2.19. The van der Waals surface area contributed by atoms with Crippen LogP contribution in [0.2, 0.25) is 0 Å². The molecule has 2 rings (SSSR count). The molecule has 0 aliphatic heterocycles. The van der Waals surface area contributed by atoms with E-state index < -0.39 is 5.56 Å². The highest BCUT2D eigenvalue weighted by Gasteiger charge is 2.13. The minimum absolute atomic E-state index is 0.0256. The molecule has 2 aromatic rings. The molecule has 0 saturated carbocycles. The van der Waals surface area contributed by atoms with Gasteiger partial charge in [-0.3, -0.25) is 4.79 Å². The second-order valence-corrected chi connectivity index (χ2v) is 5.33. The smallest absolute Gasteiger partial charge is 0.277 e. The molecule has 0 fully saturated rings. The first-order valence-electron chi connectivity index (χ1n) is 5.99. The van der Waals surface area contributed by atoms with E-state index in [0.717, 1.165) is 0 Å². The Hall–Kier alpha value is -2.30. The zero-order valence-corrected chi connectivity index (χ0v) is 11.2. The van der Waals surface area contributed by atoms with Crippen molar-refractivity contribution in [3.05, 3.63) is 46.5 Å². The number of nitrogens with one attached hydrogen (secondary N) is 1. The topological polar surface area (TPSA) is 81.0 Å². The normalized spacial score (nSPS) is 11.3. The molecule has 19 heavy (non-hydrogen) atoms. The summed E-state index contributed by atoms with van der Waals surface area (Å²) < 4.78 is 5.50. The molecule has 0 amide bonds. The zero-order chi connectivity index (χ0) is 14.0. The van der Waals surface area contributed by atoms with Crippen molar-refractivity contribution in [3.63, 3.8) is 0 Å². The number of benzene rings is 1. The SMILES string of the molecule is CC(C)(C)c1ccc(Oc2nc[nH]c(=O)c2N)cc1. The Balaban J connectivity index is 2.25. The van der Waals surface area contributed by atoms with E-state index >= 15 is 0 Å². The van der Waals surface area contributed by atoms with Crippen LogP contribution in [0.15, 0.2) is 35.4 Å². The van der Waals surface area contributed by atoms with Gasteiger partial charge in [0.15, 0.2) is 5.69 Å². The Kier molecular flexibility index (Phi) is 3.29. The number of ether oxygens (including phenoxy) is 1. The standard InChI is InChI=1S/C14H17N3O2/c1-14(2,3)9-4-6-10(7-5-9)19-13-11(15)12(18)16-8-17-13/h4-8H,15H2,1-3H3,(H,16,17,18). The largest absolute Gasteiger partial charge is 0.437 e. The summed E-state index contributed by atoms with van der Waals surface area (Å²) in [5, 5.41) is 0. The fraction of sp³-hybridized carbons (Fsp3) is 0.286. The number of H-pyrrole nitrogens is 1. The van der Waals surface area contributed by atoms with Crippen molar-refractivity contribution in [2.24, 2.45) is 0 Å². The quantitative estimate of drug-likeness (QED) is 0.868. The lowest BCUT2D eigenvalue weighted by Crippen LogP contribution is -2.13. The summed E-state index contributed by atoms with van der Waals surface area (Å²) in [7, 11) is 0. The Morgan fingerprint density at radius 2 is 1.84 bits per heavy atom. The molecule has 0 atom stereocenters. The van der Waals surface area contributed by atoms with E-state index in [2.05, 4.69) is 30.7 Å². The van der Waals surface area contributed by atoms with Crippen LogP contribution in [0, 0.1) is 0 Å². The first-order chi connectivity index (χ1) is 8.88. The lowest BCUT2D eigenvalue weighted by molar-refractivity contribution is 0.462. The summed E-state index contributed by atoms with van der Waals surface area (Å²) in [5.74, 6) is 0.713. The van der Waals surface area contributed by atoms with Crippen molar-refractivity contribution >= 4 is 5.69 Å². The van der Waals surface area contributed by atoms with Crippen LogP contribution in [-0.4, -0.2) is 9.97 Å². The molecule has 100 valence electrons. The fourth-order valence-corrected chi connectivity index (χ4v) is 1.61. The number of aromatic amines is 1. The van der Waals surface area contributed by atoms with Crippen molar-refractivity contribution in [1.29, 1.82) is 0 Å². The lowest BCUT2D eigenvalue weighted by atomic mass is 9.87. The number of nitrogens with two attached hydrogens (primary N) is 1.